The number of aromatic nitrogens is 5. The Morgan fingerprint density at radius 2 is 2.12 bits per heavy atom. The third-order valence-corrected chi connectivity index (χ3v) is 5.89. The van der Waals surface area contributed by atoms with Crippen LogP contribution in [0.15, 0.2) is 39.5 Å². The molecule has 0 fully saturated rings. The first-order valence-corrected chi connectivity index (χ1v) is 10.9. The maximum atomic E-state index is 13.2. The van der Waals surface area contributed by atoms with Crippen LogP contribution in [0.2, 0.25) is 0 Å². The smallest absolute Gasteiger partial charge is 0.281 e. The van der Waals surface area contributed by atoms with Gasteiger partial charge in [0.2, 0.25) is 11.7 Å². The molecule has 0 unspecified atom stereocenters. The molecule has 0 saturated heterocycles. The van der Waals surface area contributed by atoms with Crippen LogP contribution in [0, 0.1) is 13.8 Å². The molecular weight excluding hydrogens is 430 g/mol. The first kappa shape index (κ1) is 20.1. The lowest BCUT2D eigenvalue weighted by molar-refractivity contribution is -0.117. The lowest BCUT2D eigenvalue weighted by Gasteiger charge is -2.26. The average molecular weight is 449 g/mol. The molecule has 1 aromatic carbocycles. The zero-order valence-corrected chi connectivity index (χ0v) is 18.2. The number of carbonyl (C=O) groups is 2. The van der Waals surface area contributed by atoms with Gasteiger partial charge in [-0.1, -0.05) is 28.1 Å². The lowest BCUT2D eigenvalue weighted by atomic mass is 10.1. The van der Waals surface area contributed by atoms with Gasteiger partial charge in [0.1, 0.15) is 6.54 Å². The van der Waals surface area contributed by atoms with Crippen LogP contribution in [-0.2, 0) is 11.3 Å². The fourth-order valence-electron chi connectivity index (χ4n) is 3.59. The molecule has 0 atom stereocenters. The Hall–Kier alpha value is -3.86. The summed E-state index contributed by atoms with van der Waals surface area (Å²) >= 11 is 1.52. The summed E-state index contributed by atoms with van der Waals surface area (Å²) < 4.78 is 6.85. The van der Waals surface area contributed by atoms with Gasteiger partial charge < -0.3 is 14.7 Å². The van der Waals surface area contributed by atoms with Crippen molar-refractivity contribution in [3.8, 4) is 23.0 Å². The van der Waals surface area contributed by atoms with Crippen LogP contribution in [0.1, 0.15) is 21.6 Å². The van der Waals surface area contributed by atoms with Crippen molar-refractivity contribution in [2.45, 2.75) is 20.4 Å². The van der Waals surface area contributed by atoms with Gasteiger partial charge in [0.25, 0.3) is 11.8 Å². The number of thiophene rings is 1. The minimum atomic E-state index is -0.359. The zero-order chi connectivity index (χ0) is 22.2. The van der Waals surface area contributed by atoms with Gasteiger partial charge in [0.15, 0.2) is 11.4 Å². The van der Waals surface area contributed by atoms with Crippen LogP contribution in [0.3, 0.4) is 0 Å². The second-order valence-corrected chi connectivity index (χ2v) is 8.32. The number of hydrogen-bond donors (Lipinski definition) is 1. The summed E-state index contributed by atoms with van der Waals surface area (Å²) in [4.78, 5) is 31.6. The quantitative estimate of drug-likeness (QED) is 0.497. The predicted molar refractivity (Wildman–Crippen MR) is 117 cm³/mol. The number of amides is 2. The van der Waals surface area contributed by atoms with E-state index >= 15 is 0 Å². The standard InChI is InChI=1S/C21H19N7O3S/c1-12-3-4-15(13(2)9-12)22-16(29)10-27-6-7-28-18(21(27)30)17(24-26-28)20-23-19(25-31-20)14-5-8-32-11-14/h3-5,8-9,11H,6-7,10H2,1-2H3,(H,22,29). The number of hydrogen-bond acceptors (Lipinski definition) is 8. The molecular formula is C21H19N7O3S. The molecule has 5 rings (SSSR count). The van der Waals surface area contributed by atoms with Crippen molar-refractivity contribution in [1.82, 2.24) is 30.0 Å². The van der Waals surface area contributed by atoms with Crippen LogP contribution in [-0.4, -0.2) is 54.9 Å². The van der Waals surface area contributed by atoms with Gasteiger partial charge in [-0.05, 0) is 36.9 Å². The summed E-state index contributed by atoms with van der Waals surface area (Å²) in [5, 5.41) is 18.8. The van der Waals surface area contributed by atoms with Gasteiger partial charge in [-0.15, -0.1) is 5.10 Å². The van der Waals surface area contributed by atoms with Crippen molar-refractivity contribution in [1.29, 1.82) is 0 Å². The van der Waals surface area contributed by atoms with Gasteiger partial charge in [-0.25, -0.2) is 4.68 Å². The number of aryl methyl sites for hydroxylation is 2. The van der Waals surface area contributed by atoms with E-state index in [1.807, 2.05) is 48.9 Å². The maximum Gasteiger partial charge on any atom is 0.281 e. The Labute approximate surface area is 186 Å². The van der Waals surface area contributed by atoms with Crippen molar-refractivity contribution >= 4 is 28.8 Å². The molecule has 1 aliphatic heterocycles. The van der Waals surface area contributed by atoms with E-state index in [9.17, 15) is 9.59 Å². The number of fused-ring (bicyclic) bond motifs is 1. The van der Waals surface area contributed by atoms with E-state index in [0.29, 0.717) is 18.9 Å². The minimum absolute atomic E-state index is 0.0826. The molecule has 3 aromatic heterocycles. The summed E-state index contributed by atoms with van der Waals surface area (Å²) in [6.45, 7) is 4.60. The van der Waals surface area contributed by atoms with E-state index in [1.165, 1.54) is 20.9 Å². The van der Waals surface area contributed by atoms with Crippen LogP contribution in [0.4, 0.5) is 5.69 Å². The van der Waals surface area contributed by atoms with Crippen molar-refractivity contribution < 1.29 is 14.1 Å². The van der Waals surface area contributed by atoms with Crippen molar-refractivity contribution in [3.63, 3.8) is 0 Å². The number of nitrogens with one attached hydrogen (secondary N) is 1. The fourth-order valence-corrected chi connectivity index (χ4v) is 4.22. The summed E-state index contributed by atoms with van der Waals surface area (Å²) in [7, 11) is 0. The number of anilines is 1. The highest BCUT2D eigenvalue weighted by Gasteiger charge is 2.33. The van der Waals surface area contributed by atoms with Crippen LogP contribution < -0.4 is 5.32 Å². The van der Waals surface area contributed by atoms with Crippen LogP contribution in [0.25, 0.3) is 23.0 Å². The third-order valence-electron chi connectivity index (χ3n) is 5.21. The van der Waals surface area contributed by atoms with E-state index < -0.39 is 0 Å². The molecule has 1 aliphatic rings. The van der Waals surface area contributed by atoms with E-state index in [4.69, 9.17) is 4.52 Å². The molecule has 2 amide bonds. The van der Waals surface area contributed by atoms with E-state index in [-0.39, 0.29) is 35.6 Å². The molecule has 162 valence electrons. The van der Waals surface area contributed by atoms with E-state index in [0.717, 1.165) is 22.4 Å². The summed E-state index contributed by atoms with van der Waals surface area (Å²) in [5.41, 5.74) is 4.07. The Kier molecular flexibility index (Phi) is 5.02. The Balaban J connectivity index is 1.34. The monoisotopic (exact) mass is 449 g/mol. The molecule has 0 radical (unpaired) electrons. The molecule has 10 nitrogen and oxygen atoms in total. The first-order valence-electron chi connectivity index (χ1n) is 9.96. The summed E-state index contributed by atoms with van der Waals surface area (Å²) in [6.07, 6.45) is 0. The molecule has 0 spiro atoms. The molecule has 0 aliphatic carbocycles. The fraction of sp³-hybridized carbons (Fsp3) is 0.238. The molecule has 11 heteroatoms. The van der Waals surface area contributed by atoms with Gasteiger partial charge >= 0.3 is 0 Å². The SMILES string of the molecule is Cc1ccc(NC(=O)CN2CCn3nnc(-c4nc(-c5ccsc5)no4)c3C2=O)c(C)c1. The second-order valence-electron chi connectivity index (χ2n) is 7.54. The summed E-state index contributed by atoms with van der Waals surface area (Å²) in [5.74, 6) is -0.106. The Morgan fingerprint density at radius 3 is 2.91 bits per heavy atom. The topological polar surface area (TPSA) is 119 Å². The number of rotatable bonds is 5. The van der Waals surface area contributed by atoms with E-state index in [2.05, 4.69) is 25.8 Å². The second kappa shape index (κ2) is 8.00. The molecule has 0 saturated carbocycles. The molecule has 32 heavy (non-hydrogen) atoms. The zero-order valence-electron chi connectivity index (χ0n) is 17.4. The minimum Gasteiger partial charge on any atom is -0.332 e. The normalized spacial score (nSPS) is 13.3. The Bertz CT molecular complexity index is 1310. The van der Waals surface area contributed by atoms with Gasteiger partial charge in [0.05, 0.1) is 6.54 Å². The highest BCUT2D eigenvalue weighted by atomic mass is 32.1. The van der Waals surface area contributed by atoms with E-state index in [1.54, 1.807) is 0 Å². The largest absolute Gasteiger partial charge is 0.332 e. The average Bonchev–Trinajstić information content (AvgIpc) is 3.51. The van der Waals surface area contributed by atoms with Crippen LogP contribution in [0.5, 0.6) is 0 Å². The predicted octanol–water partition coefficient (Wildman–Crippen LogP) is 2.77. The number of carbonyl (C=O) groups excluding carboxylic acids is 2. The highest BCUT2D eigenvalue weighted by molar-refractivity contribution is 7.08. The Morgan fingerprint density at radius 1 is 1.25 bits per heavy atom. The van der Waals surface area contributed by atoms with Crippen LogP contribution >= 0.6 is 11.3 Å². The molecule has 4 aromatic rings. The molecule has 1 N–H and O–H groups in total. The summed E-state index contributed by atoms with van der Waals surface area (Å²) in [6, 6.07) is 7.66. The number of nitrogens with zero attached hydrogens (tertiary/aromatic N) is 6. The van der Waals surface area contributed by atoms with Crippen molar-refractivity contribution in [2.75, 3.05) is 18.4 Å². The van der Waals surface area contributed by atoms with Crippen molar-refractivity contribution in [2.24, 2.45) is 0 Å². The highest BCUT2D eigenvalue weighted by Crippen LogP contribution is 2.27. The lowest BCUT2D eigenvalue weighted by Crippen LogP contribution is -2.44. The number of benzene rings is 1. The van der Waals surface area contributed by atoms with Gasteiger partial charge in [-0.2, -0.15) is 16.3 Å². The third kappa shape index (κ3) is 3.66. The van der Waals surface area contributed by atoms with Crippen molar-refractivity contribution in [3.05, 3.63) is 51.8 Å². The maximum absolute atomic E-state index is 13.2. The van der Waals surface area contributed by atoms with Gasteiger partial charge in [-0.3, -0.25) is 9.59 Å². The first-order chi connectivity index (χ1) is 15.5. The molecule has 0 bridgehead atoms. The molecule has 4 heterocycles. The van der Waals surface area contributed by atoms with Gasteiger partial charge in [0, 0.05) is 23.2 Å².